The maximum Gasteiger partial charge on any atom is 0.228 e. The molecule has 9 heteroatoms. The van der Waals surface area contributed by atoms with Crippen molar-refractivity contribution in [2.24, 2.45) is 11.8 Å². The lowest BCUT2D eigenvalue weighted by Gasteiger charge is -2.54. The summed E-state index contributed by atoms with van der Waals surface area (Å²) in [7, 11) is 0. The minimum atomic E-state index is -0.843. The number of nitrogens with zero attached hydrogens (tertiary/aromatic N) is 2. The number of nitrogens with one attached hydrogen (secondary N) is 2. The molecule has 2 N–H and O–H groups in total. The number of rotatable bonds is 6. The summed E-state index contributed by atoms with van der Waals surface area (Å²) in [5.74, 6) is 0.217. The molecule has 4 aromatic rings. The van der Waals surface area contributed by atoms with Gasteiger partial charge in [-0.25, -0.2) is 0 Å². The molecule has 0 aliphatic carbocycles. The number of furan rings is 2. The first-order valence-electron chi connectivity index (χ1n) is 15.0. The molecule has 3 aliphatic rings. The number of carbonyl (C=O) groups is 3. The lowest BCUT2D eigenvalue weighted by molar-refractivity contribution is -0.164. The predicted octanol–water partition coefficient (Wildman–Crippen LogP) is 4.98. The van der Waals surface area contributed by atoms with Crippen LogP contribution in [0.2, 0.25) is 0 Å². The van der Waals surface area contributed by atoms with Gasteiger partial charge in [0, 0.05) is 54.1 Å². The summed E-state index contributed by atoms with van der Waals surface area (Å²) in [5, 5.41) is 3.99. The molecule has 0 saturated carbocycles. The number of benzene rings is 1. The van der Waals surface area contributed by atoms with E-state index < -0.39 is 17.4 Å². The van der Waals surface area contributed by atoms with Crippen LogP contribution in [-0.4, -0.2) is 52.1 Å². The van der Waals surface area contributed by atoms with Crippen molar-refractivity contribution >= 4 is 28.6 Å². The molecule has 0 bridgehead atoms. The van der Waals surface area contributed by atoms with Crippen LogP contribution in [0.1, 0.15) is 56.0 Å². The van der Waals surface area contributed by atoms with Gasteiger partial charge in [-0.3, -0.25) is 14.4 Å². The number of fused-ring (bicyclic) bond motifs is 5. The lowest BCUT2D eigenvalue weighted by Crippen LogP contribution is -2.64. The summed E-state index contributed by atoms with van der Waals surface area (Å²) in [5.41, 5.74) is 3.19. The lowest BCUT2D eigenvalue weighted by atomic mass is 9.67. The highest BCUT2D eigenvalue weighted by Gasteiger charge is 2.57. The van der Waals surface area contributed by atoms with E-state index in [0.717, 1.165) is 65.8 Å². The van der Waals surface area contributed by atoms with E-state index in [-0.39, 0.29) is 30.7 Å². The Hall–Kier alpha value is -4.27. The predicted molar refractivity (Wildman–Crippen MR) is 156 cm³/mol. The summed E-state index contributed by atoms with van der Waals surface area (Å²) in [6.45, 7) is 4.29. The number of hydrogen-bond acceptors (Lipinski definition) is 5. The van der Waals surface area contributed by atoms with E-state index >= 15 is 0 Å². The number of likely N-dealkylation sites (tertiary alicyclic amines) is 1. The zero-order valence-corrected chi connectivity index (χ0v) is 23.9. The molecule has 3 atom stereocenters. The van der Waals surface area contributed by atoms with Crippen LogP contribution in [0.5, 0.6) is 0 Å². The fourth-order valence-electron chi connectivity index (χ4n) is 7.41. The van der Waals surface area contributed by atoms with Gasteiger partial charge in [-0.05, 0) is 74.9 Å². The van der Waals surface area contributed by atoms with Gasteiger partial charge in [-0.2, -0.15) is 0 Å². The van der Waals surface area contributed by atoms with Gasteiger partial charge >= 0.3 is 0 Å². The topological polar surface area (TPSA) is 112 Å². The van der Waals surface area contributed by atoms with Gasteiger partial charge in [0.05, 0.1) is 30.5 Å². The van der Waals surface area contributed by atoms with Gasteiger partial charge in [0.25, 0.3) is 0 Å². The van der Waals surface area contributed by atoms with Gasteiger partial charge in [0.2, 0.25) is 17.7 Å². The molecule has 0 spiro atoms. The van der Waals surface area contributed by atoms with Crippen molar-refractivity contribution in [3.63, 3.8) is 0 Å². The maximum absolute atomic E-state index is 14.3. The van der Waals surface area contributed by atoms with Crippen molar-refractivity contribution in [2.45, 2.75) is 57.5 Å². The Balaban J connectivity index is 1.24. The second kappa shape index (κ2) is 10.5. The van der Waals surface area contributed by atoms with Crippen LogP contribution in [0, 0.1) is 11.8 Å². The first-order valence-corrected chi connectivity index (χ1v) is 15.0. The Kier molecular flexibility index (Phi) is 6.67. The largest absolute Gasteiger partial charge is 0.467 e. The first-order chi connectivity index (χ1) is 20.4. The second-order valence-corrected chi connectivity index (χ2v) is 12.0. The molecule has 218 valence electrons. The van der Waals surface area contributed by atoms with E-state index in [1.165, 1.54) is 0 Å². The number of aromatic amines is 1. The molecule has 0 radical (unpaired) electrons. The van der Waals surface area contributed by atoms with E-state index in [0.29, 0.717) is 25.1 Å². The second-order valence-electron chi connectivity index (χ2n) is 12.0. The summed E-state index contributed by atoms with van der Waals surface area (Å²) in [4.78, 5) is 48.9. The molecule has 0 unspecified atom stereocenters. The molecule has 2 saturated heterocycles. The Labute approximate surface area is 244 Å². The highest BCUT2D eigenvalue weighted by Crippen LogP contribution is 2.50. The number of carbonyl (C=O) groups excluding carboxylic acids is 3. The average Bonchev–Trinajstić information content (AvgIpc) is 3.79. The van der Waals surface area contributed by atoms with Crippen LogP contribution < -0.4 is 5.32 Å². The number of piperidine rings is 2. The van der Waals surface area contributed by atoms with Gasteiger partial charge in [-0.1, -0.05) is 12.1 Å². The SMILES string of the molecule is C[C@]12c3[nH]c4cc(-c5ccco5)ccc4c3CCN1C(=O)[C@@H](CC(=O)NCc1ccco1)C[C@@H]2C(=O)N1CCCCC1. The van der Waals surface area contributed by atoms with Crippen LogP contribution in [0.25, 0.3) is 22.2 Å². The third-order valence-corrected chi connectivity index (χ3v) is 9.62. The quantitative estimate of drug-likeness (QED) is 0.341. The van der Waals surface area contributed by atoms with Gasteiger partial charge < -0.3 is 28.9 Å². The zero-order chi connectivity index (χ0) is 28.8. The summed E-state index contributed by atoms with van der Waals surface area (Å²) < 4.78 is 11.0. The van der Waals surface area contributed by atoms with Crippen molar-refractivity contribution < 1.29 is 23.2 Å². The normalized spacial score (nSPS) is 24.0. The van der Waals surface area contributed by atoms with Crippen LogP contribution >= 0.6 is 0 Å². The van der Waals surface area contributed by atoms with Crippen molar-refractivity contribution in [3.05, 3.63) is 72.0 Å². The van der Waals surface area contributed by atoms with E-state index in [9.17, 15) is 14.4 Å². The third-order valence-electron chi connectivity index (χ3n) is 9.62. The molecule has 3 aliphatic heterocycles. The molecule has 7 rings (SSSR count). The third kappa shape index (κ3) is 4.42. The minimum Gasteiger partial charge on any atom is -0.467 e. The molecule has 9 nitrogen and oxygen atoms in total. The van der Waals surface area contributed by atoms with Gasteiger partial charge in [0.1, 0.15) is 11.5 Å². The van der Waals surface area contributed by atoms with Crippen LogP contribution in [0.3, 0.4) is 0 Å². The van der Waals surface area contributed by atoms with Crippen LogP contribution in [-0.2, 0) is 32.9 Å². The molecule has 3 amide bonds. The Morgan fingerprint density at radius 3 is 2.62 bits per heavy atom. The molecule has 2 fully saturated rings. The molecular weight excluding hydrogens is 532 g/mol. The fourth-order valence-corrected chi connectivity index (χ4v) is 7.41. The number of hydrogen-bond donors (Lipinski definition) is 2. The molecule has 1 aromatic carbocycles. The maximum atomic E-state index is 14.3. The highest BCUT2D eigenvalue weighted by atomic mass is 16.3. The van der Waals surface area contributed by atoms with E-state index in [4.69, 9.17) is 8.83 Å². The Morgan fingerprint density at radius 1 is 1.05 bits per heavy atom. The van der Waals surface area contributed by atoms with Crippen molar-refractivity contribution in [3.8, 4) is 11.3 Å². The summed E-state index contributed by atoms with van der Waals surface area (Å²) in [6.07, 6.45) is 7.39. The van der Waals surface area contributed by atoms with Gasteiger partial charge in [-0.15, -0.1) is 0 Å². The van der Waals surface area contributed by atoms with Crippen molar-refractivity contribution in [2.75, 3.05) is 19.6 Å². The fraction of sp³-hybridized carbons (Fsp3) is 0.424. The molecular formula is C33H36N4O5. The molecule has 42 heavy (non-hydrogen) atoms. The first kappa shape index (κ1) is 26.6. The molecule has 6 heterocycles. The molecule has 3 aromatic heterocycles. The Bertz CT molecular complexity index is 1620. The van der Waals surface area contributed by atoms with Gasteiger partial charge in [0.15, 0.2) is 0 Å². The monoisotopic (exact) mass is 568 g/mol. The smallest absolute Gasteiger partial charge is 0.228 e. The van der Waals surface area contributed by atoms with E-state index in [1.54, 1.807) is 24.7 Å². The van der Waals surface area contributed by atoms with Crippen LogP contribution in [0.4, 0.5) is 0 Å². The van der Waals surface area contributed by atoms with Crippen molar-refractivity contribution in [1.82, 2.24) is 20.1 Å². The highest BCUT2D eigenvalue weighted by molar-refractivity contribution is 5.93. The summed E-state index contributed by atoms with van der Waals surface area (Å²) in [6, 6.07) is 13.6. The standard InChI is InChI=1S/C33H36N4O5/c1-33-26(32(40)36-12-3-2-4-13-36)17-22(19-29(38)34-20-23-7-5-15-41-23)31(39)37(33)14-11-25-24-10-9-21(28-8-6-16-42-28)18-27(24)35-30(25)33/h5-10,15-16,18,22,26,35H,2-4,11-14,17,19-20H2,1H3,(H,34,38)/t22-,26-,33+/m1/s1. The number of aromatic nitrogens is 1. The number of amides is 3. The number of H-pyrrole nitrogens is 1. The average molecular weight is 569 g/mol. The van der Waals surface area contributed by atoms with E-state index in [1.807, 2.05) is 28.9 Å². The zero-order valence-electron chi connectivity index (χ0n) is 23.9. The van der Waals surface area contributed by atoms with Crippen LogP contribution in [0.15, 0.2) is 63.8 Å². The minimum absolute atomic E-state index is 0.0436. The van der Waals surface area contributed by atoms with Crippen molar-refractivity contribution in [1.29, 1.82) is 0 Å². The summed E-state index contributed by atoms with van der Waals surface area (Å²) >= 11 is 0. The Morgan fingerprint density at radius 2 is 1.86 bits per heavy atom. The van der Waals surface area contributed by atoms with E-state index in [2.05, 4.69) is 28.5 Å².